The van der Waals surface area contributed by atoms with Crippen LogP contribution in [-0.2, 0) is 11.2 Å². The van der Waals surface area contributed by atoms with Crippen molar-refractivity contribution in [3.05, 3.63) is 29.8 Å². The summed E-state index contributed by atoms with van der Waals surface area (Å²) in [6.45, 7) is -0.452. The number of carbonyl (C=O) groups excluding carboxylic acids is 1. The van der Waals surface area contributed by atoms with E-state index in [9.17, 15) is 13.6 Å². The Balaban J connectivity index is 2.39. The zero-order chi connectivity index (χ0) is 13.5. The van der Waals surface area contributed by atoms with Gasteiger partial charge in [0, 0.05) is 6.54 Å². The molecule has 0 aliphatic heterocycles. The van der Waals surface area contributed by atoms with Crippen molar-refractivity contribution in [1.82, 2.24) is 5.32 Å². The molecule has 100 valence electrons. The van der Waals surface area contributed by atoms with Gasteiger partial charge in [0.15, 0.2) is 0 Å². The molecule has 0 aliphatic rings. The third-order valence-electron chi connectivity index (χ3n) is 2.32. The second-order valence-electron chi connectivity index (χ2n) is 3.73. The van der Waals surface area contributed by atoms with E-state index in [1.165, 1.54) is 7.11 Å². The van der Waals surface area contributed by atoms with Gasteiger partial charge in [0.1, 0.15) is 11.9 Å². The van der Waals surface area contributed by atoms with Crippen molar-refractivity contribution < 1.29 is 23.4 Å². The molecule has 0 saturated carbocycles. The molecule has 1 aromatic rings. The number of nitrogens with one attached hydrogen (secondary N) is 1. The maximum Gasteiger partial charge on any atom is 0.265 e. The molecule has 0 fully saturated rings. The van der Waals surface area contributed by atoms with Crippen molar-refractivity contribution in [3.8, 4) is 5.75 Å². The first-order chi connectivity index (χ1) is 8.52. The molecule has 0 bridgehead atoms. The van der Waals surface area contributed by atoms with E-state index < -0.39 is 25.0 Å². The highest BCUT2D eigenvalue weighted by Crippen LogP contribution is 2.11. The molecule has 18 heavy (non-hydrogen) atoms. The van der Waals surface area contributed by atoms with Crippen LogP contribution in [0.3, 0.4) is 0 Å². The first-order valence-corrected chi connectivity index (χ1v) is 5.38. The van der Waals surface area contributed by atoms with Crippen LogP contribution in [0.15, 0.2) is 24.3 Å². The number of aliphatic hydroxyl groups excluding tert-OH is 1. The van der Waals surface area contributed by atoms with Gasteiger partial charge >= 0.3 is 0 Å². The summed E-state index contributed by atoms with van der Waals surface area (Å²) in [5.74, 6) is 0.257. The van der Waals surface area contributed by atoms with Crippen LogP contribution in [0.5, 0.6) is 5.75 Å². The zero-order valence-corrected chi connectivity index (χ0v) is 9.90. The summed E-state index contributed by atoms with van der Waals surface area (Å²) in [6, 6.07) is 6.83. The number of carbonyl (C=O) groups is 1. The highest BCUT2D eigenvalue weighted by molar-refractivity contribution is 5.78. The van der Waals surface area contributed by atoms with Crippen LogP contribution in [0.1, 0.15) is 5.56 Å². The van der Waals surface area contributed by atoms with Gasteiger partial charge in [-0.2, -0.15) is 0 Å². The zero-order valence-electron chi connectivity index (χ0n) is 9.90. The van der Waals surface area contributed by atoms with Crippen LogP contribution in [0.2, 0.25) is 0 Å². The Labute approximate surface area is 104 Å². The van der Waals surface area contributed by atoms with Crippen molar-refractivity contribution in [3.63, 3.8) is 0 Å². The molecule has 0 spiro atoms. The first-order valence-electron chi connectivity index (χ1n) is 5.38. The Morgan fingerprint density at radius 2 is 2.00 bits per heavy atom. The standard InChI is InChI=1S/C12H15F2NO3/c1-18-9-4-2-8(3-5-9)6-11(17)15-7-10(16)12(13)14/h2-5,10,12,16H,6-7H2,1H3,(H,15,17). The molecule has 1 amide bonds. The van der Waals surface area contributed by atoms with Gasteiger partial charge in [0.25, 0.3) is 6.43 Å². The van der Waals surface area contributed by atoms with Gasteiger partial charge in [-0.25, -0.2) is 8.78 Å². The smallest absolute Gasteiger partial charge is 0.265 e. The summed E-state index contributed by atoms with van der Waals surface area (Å²) < 4.78 is 28.9. The van der Waals surface area contributed by atoms with Crippen LogP contribution in [-0.4, -0.2) is 37.2 Å². The van der Waals surface area contributed by atoms with Gasteiger partial charge in [0.2, 0.25) is 5.91 Å². The maximum absolute atomic E-state index is 12.0. The summed E-state index contributed by atoms with van der Waals surface area (Å²) >= 11 is 0. The lowest BCUT2D eigenvalue weighted by Gasteiger charge is -2.10. The molecule has 6 heteroatoms. The van der Waals surface area contributed by atoms with Gasteiger partial charge in [0.05, 0.1) is 13.5 Å². The highest BCUT2D eigenvalue weighted by Gasteiger charge is 2.17. The number of hydrogen-bond donors (Lipinski definition) is 2. The second kappa shape index (κ2) is 6.90. The lowest BCUT2D eigenvalue weighted by Crippen LogP contribution is -2.36. The number of hydrogen-bond acceptors (Lipinski definition) is 3. The highest BCUT2D eigenvalue weighted by atomic mass is 19.3. The number of aliphatic hydroxyl groups is 1. The minimum Gasteiger partial charge on any atom is -0.497 e. The van der Waals surface area contributed by atoms with Crippen molar-refractivity contribution in [2.45, 2.75) is 19.0 Å². The Morgan fingerprint density at radius 3 is 2.50 bits per heavy atom. The first kappa shape index (κ1) is 14.4. The van der Waals surface area contributed by atoms with Crippen molar-refractivity contribution in [2.24, 2.45) is 0 Å². The van der Waals surface area contributed by atoms with Crippen LogP contribution in [0, 0.1) is 0 Å². The summed E-state index contributed by atoms with van der Waals surface area (Å²) in [5, 5.41) is 11.1. The summed E-state index contributed by atoms with van der Waals surface area (Å²) in [6.07, 6.45) is -4.61. The number of methoxy groups -OCH3 is 1. The predicted octanol–water partition coefficient (Wildman–Crippen LogP) is 0.980. The number of benzene rings is 1. The van der Waals surface area contributed by atoms with Crippen LogP contribution < -0.4 is 10.1 Å². The third-order valence-corrected chi connectivity index (χ3v) is 2.32. The monoisotopic (exact) mass is 259 g/mol. The molecule has 0 radical (unpaired) electrons. The fraction of sp³-hybridized carbons (Fsp3) is 0.417. The topological polar surface area (TPSA) is 58.6 Å². The molecule has 1 atom stereocenters. The van der Waals surface area contributed by atoms with E-state index in [2.05, 4.69) is 5.32 Å². The Bertz CT molecular complexity index is 381. The third kappa shape index (κ3) is 4.67. The van der Waals surface area contributed by atoms with Gasteiger partial charge in [-0.15, -0.1) is 0 Å². The van der Waals surface area contributed by atoms with E-state index in [1.807, 2.05) is 0 Å². The van der Waals surface area contributed by atoms with Gasteiger partial charge in [-0.1, -0.05) is 12.1 Å². The molecular weight excluding hydrogens is 244 g/mol. The number of alkyl halides is 2. The predicted molar refractivity (Wildman–Crippen MR) is 61.7 cm³/mol. The number of halogens is 2. The number of rotatable bonds is 6. The van der Waals surface area contributed by atoms with E-state index >= 15 is 0 Å². The fourth-order valence-corrected chi connectivity index (χ4v) is 1.30. The van der Waals surface area contributed by atoms with Gasteiger partial charge in [-0.3, -0.25) is 4.79 Å². The SMILES string of the molecule is COc1ccc(CC(=O)NCC(O)C(F)F)cc1. The largest absolute Gasteiger partial charge is 0.497 e. The van der Waals surface area contributed by atoms with Gasteiger partial charge < -0.3 is 15.2 Å². The molecule has 4 nitrogen and oxygen atoms in total. The lowest BCUT2D eigenvalue weighted by atomic mass is 10.1. The lowest BCUT2D eigenvalue weighted by molar-refractivity contribution is -0.121. The average molecular weight is 259 g/mol. The summed E-state index contributed by atoms with van der Waals surface area (Å²) in [7, 11) is 1.54. The van der Waals surface area contributed by atoms with Crippen LogP contribution in [0.25, 0.3) is 0 Å². The normalized spacial score (nSPS) is 12.3. The number of amides is 1. The molecule has 1 aromatic carbocycles. The molecular formula is C12H15F2NO3. The Morgan fingerprint density at radius 1 is 1.39 bits per heavy atom. The van der Waals surface area contributed by atoms with E-state index in [1.54, 1.807) is 24.3 Å². The van der Waals surface area contributed by atoms with E-state index in [4.69, 9.17) is 9.84 Å². The molecule has 1 rings (SSSR count). The van der Waals surface area contributed by atoms with Crippen LogP contribution in [0.4, 0.5) is 8.78 Å². The van der Waals surface area contributed by atoms with Crippen molar-refractivity contribution >= 4 is 5.91 Å². The molecule has 0 aromatic heterocycles. The molecule has 0 heterocycles. The van der Waals surface area contributed by atoms with Crippen molar-refractivity contribution in [1.29, 1.82) is 0 Å². The molecule has 0 aliphatic carbocycles. The second-order valence-corrected chi connectivity index (χ2v) is 3.73. The van der Waals surface area contributed by atoms with Crippen molar-refractivity contribution in [2.75, 3.05) is 13.7 Å². The summed E-state index contributed by atoms with van der Waals surface area (Å²) in [5.41, 5.74) is 0.736. The molecule has 1 unspecified atom stereocenters. The summed E-state index contributed by atoms with van der Waals surface area (Å²) in [4.78, 5) is 11.4. The van der Waals surface area contributed by atoms with E-state index in [0.717, 1.165) is 5.56 Å². The molecule has 2 N–H and O–H groups in total. The Kier molecular flexibility index (Phi) is 5.51. The average Bonchev–Trinajstić information content (AvgIpc) is 2.36. The van der Waals surface area contributed by atoms with E-state index in [0.29, 0.717) is 5.75 Å². The minimum atomic E-state index is -2.86. The Hall–Kier alpha value is -1.69. The number of ether oxygens (including phenoxy) is 1. The van der Waals surface area contributed by atoms with Crippen LogP contribution >= 0.6 is 0 Å². The quantitative estimate of drug-likeness (QED) is 0.800. The van der Waals surface area contributed by atoms with Gasteiger partial charge in [-0.05, 0) is 17.7 Å². The minimum absolute atomic E-state index is 0.0694. The van der Waals surface area contributed by atoms with E-state index in [-0.39, 0.29) is 6.42 Å². The molecule has 0 saturated heterocycles. The maximum atomic E-state index is 12.0. The fourth-order valence-electron chi connectivity index (χ4n) is 1.30.